The number of carbonyl (C=O) groups excluding carboxylic acids is 3. The van der Waals surface area contributed by atoms with E-state index in [-0.39, 0.29) is 5.70 Å². The maximum Gasteiger partial charge on any atom is 0.355 e. The number of benzene rings is 2. The fourth-order valence-electron chi connectivity index (χ4n) is 2.69. The zero-order chi connectivity index (χ0) is 21.5. The minimum Gasteiger partial charge on any atom is -0.486 e. The zero-order valence-corrected chi connectivity index (χ0v) is 16.6. The van der Waals surface area contributed by atoms with Crippen molar-refractivity contribution in [2.24, 2.45) is 0 Å². The third-order valence-corrected chi connectivity index (χ3v) is 4.10. The summed E-state index contributed by atoms with van der Waals surface area (Å²) in [6.07, 6.45) is 0.383. The molecule has 2 aromatic carbocycles. The molecule has 156 valence electrons. The summed E-state index contributed by atoms with van der Waals surface area (Å²) < 4.78 is 16.2. The molecule has 0 saturated heterocycles. The minimum absolute atomic E-state index is 0.0623. The highest BCUT2D eigenvalue weighted by Crippen LogP contribution is 2.32. The molecule has 0 bridgehead atoms. The lowest BCUT2D eigenvalue weighted by atomic mass is 10.2. The molecule has 1 atom stereocenters. The second-order valence-corrected chi connectivity index (χ2v) is 6.55. The third-order valence-electron chi connectivity index (χ3n) is 4.10. The van der Waals surface area contributed by atoms with Crippen molar-refractivity contribution < 1.29 is 28.6 Å². The van der Waals surface area contributed by atoms with Crippen LogP contribution in [0, 0.1) is 0 Å². The fraction of sp³-hybridized carbons (Fsp3) is 0.227. The summed E-state index contributed by atoms with van der Waals surface area (Å²) in [6, 6.07) is 14.0. The summed E-state index contributed by atoms with van der Waals surface area (Å²) >= 11 is 0. The van der Waals surface area contributed by atoms with E-state index in [1.54, 1.807) is 42.5 Å². The number of amides is 2. The lowest BCUT2D eigenvalue weighted by Crippen LogP contribution is -2.33. The highest BCUT2D eigenvalue weighted by atomic mass is 16.6. The smallest absolute Gasteiger partial charge is 0.355 e. The molecule has 0 spiro atoms. The Morgan fingerprint density at radius 3 is 2.43 bits per heavy atom. The van der Waals surface area contributed by atoms with E-state index >= 15 is 0 Å². The molecular weight excluding hydrogens is 388 g/mol. The minimum atomic E-state index is -1.10. The van der Waals surface area contributed by atoms with Crippen molar-refractivity contribution in [3.05, 3.63) is 59.8 Å². The van der Waals surface area contributed by atoms with Crippen molar-refractivity contribution in [3.8, 4) is 11.5 Å². The van der Waals surface area contributed by atoms with Crippen LogP contribution in [-0.2, 0) is 19.1 Å². The van der Waals surface area contributed by atoms with Gasteiger partial charge in [-0.05, 0) is 30.7 Å². The Labute approximate surface area is 173 Å². The molecule has 0 saturated carbocycles. The molecule has 0 fully saturated rings. The summed E-state index contributed by atoms with van der Waals surface area (Å²) in [6.45, 7) is 3.63. The Balaban J connectivity index is 1.66. The number of fused-ring (bicyclic) bond motifs is 1. The zero-order valence-electron chi connectivity index (χ0n) is 16.6. The third kappa shape index (κ3) is 5.60. The standard InChI is InChI=1S/C22H22N2O6/c1-14(21(26)24-17-8-9-19-20(13-17)29-11-10-28-19)30-22(27)18(23-15(2)25)12-16-6-4-3-5-7-16/h3-9,12-14H,10-11H2,1-2H3,(H,23,25)(H,24,26)/b18-12-/t14-/m0/s1. The van der Waals surface area contributed by atoms with Crippen molar-refractivity contribution in [1.82, 2.24) is 5.32 Å². The van der Waals surface area contributed by atoms with E-state index in [0.29, 0.717) is 36.0 Å². The number of ether oxygens (including phenoxy) is 3. The first-order valence-electron chi connectivity index (χ1n) is 9.38. The molecular formula is C22H22N2O6. The van der Waals surface area contributed by atoms with Gasteiger partial charge in [0.25, 0.3) is 5.91 Å². The van der Waals surface area contributed by atoms with Crippen LogP contribution in [0.1, 0.15) is 19.4 Å². The molecule has 2 N–H and O–H groups in total. The summed E-state index contributed by atoms with van der Waals surface area (Å²) in [5, 5.41) is 5.11. The van der Waals surface area contributed by atoms with Gasteiger partial charge in [0.05, 0.1) is 0 Å². The highest BCUT2D eigenvalue weighted by Gasteiger charge is 2.22. The van der Waals surface area contributed by atoms with Gasteiger partial charge < -0.3 is 24.8 Å². The Bertz CT molecular complexity index is 971. The SMILES string of the molecule is CC(=O)N/C(=C\c1ccccc1)C(=O)O[C@@H](C)C(=O)Nc1ccc2c(c1)OCCO2. The van der Waals surface area contributed by atoms with Crippen LogP contribution < -0.4 is 20.1 Å². The predicted octanol–water partition coefficient (Wildman–Crippen LogP) is 2.51. The van der Waals surface area contributed by atoms with Gasteiger partial charge in [-0.1, -0.05) is 30.3 Å². The number of hydrogen-bond donors (Lipinski definition) is 2. The van der Waals surface area contributed by atoms with Crippen LogP contribution in [-0.4, -0.2) is 37.1 Å². The fourth-order valence-corrected chi connectivity index (χ4v) is 2.69. The second-order valence-electron chi connectivity index (χ2n) is 6.55. The molecule has 2 amide bonds. The molecule has 0 unspecified atom stereocenters. The van der Waals surface area contributed by atoms with Gasteiger partial charge in [-0.3, -0.25) is 9.59 Å². The molecule has 30 heavy (non-hydrogen) atoms. The highest BCUT2D eigenvalue weighted by molar-refractivity contribution is 6.00. The van der Waals surface area contributed by atoms with Gasteiger partial charge in [0.15, 0.2) is 17.6 Å². The normalized spacial score (nSPS) is 13.7. The van der Waals surface area contributed by atoms with Crippen molar-refractivity contribution >= 4 is 29.5 Å². The molecule has 1 aliphatic heterocycles. The predicted molar refractivity (Wildman–Crippen MR) is 110 cm³/mol. The van der Waals surface area contributed by atoms with Crippen molar-refractivity contribution in [2.45, 2.75) is 20.0 Å². The van der Waals surface area contributed by atoms with Crippen LogP contribution in [0.25, 0.3) is 6.08 Å². The van der Waals surface area contributed by atoms with Crippen LogP contribution in [0.3, 0.4) is 0 Å². The van der Waals surface area contributed by atoms with E-state index in [9.17, 15) is 14.4 Å². The number of anilines is 1. The Kier molecular flexibility index (Phi) is 6.69. The van der Waals surface area contributed by atoms with E-state index in [1.807, 2.05) is 6.07 Å². The van der Waals surface area contributed by atoms with E-state index in [1.165, 1.54) is 19.9 Å². The monoisotopic (exact) mass is 410 g/mol. The second kappa shape index (κ2) is 9.60. The lowest BCUT2D eigenvalue weighted by molar-refractivity contribution is -0.149. The van der Waals surface area contributed by atoms with E-state index in [4.69, 9.17) is 14.2 Å². The molecule has 0 aromatic heterocycles. The number of esters is 1. The molecule has 1 aliphatic rings. The largest absolute Gasteiger partial charge is 0.486 e. The van der Waals surface area contributed by atoms with E-state index in [2.05, 4.69) is 10.6 Å². The summed E-state index contributed by atoms with van der Waals surface area (Å²) in [5.74, 6) is -0.643. The molecule has 1 heterocycles. The lowest BCUT2D eigenvalue weighted by Gasteiger charge is -2.19. The first kappa shape index (κ1) is 20.9. The average molecular weight is 410 g/mol. The maximum absolute atomic E-state index is 12.5. The molecule has 8 heteroatoms. The molecule has 3 rings (SSSR count). The van der Waals surface area contributed by atoms with Gasteiger partial charge in [-0.2, -0.15) is 0 Å². The Morgan fingerprint density at radius 1 is 1.03 bits per heavy atom. The van der Waals surface area contributed by atoms with Crippen LogP contribution >= 0.6 is 0 Å². The first-order valence-corrected chi connectivity index (χ1v) is 9.38. The van der Waals surface area contributed by atoms with Gasteiger partial charge in [0, 0.05) is 18.7 Å². The van der Waals surface area contributed by atoms with Crippen molar-refractivity contribution in [3.63, 3.8) is 0 Å². The van der Waals surface area contributed by atoms with Crippen LogP contribution in [0.5, 0.6) is 11.5 Å². The van der Waals surface area contributed by atoms with Gasteiger partial charge in [0.2, 0.25) is 5.91 Å². The number of nitrogens with one attached hydrogen (secondary N) is 2. The number of hydrogen-bond acceptors (Lipinski definition) is 6. The maximum atomic E-state index is 12.5. The number of carbonyl (C=O) groups is 3. The number of rotatable bonds is 6. The molecule has 2 aromatic rings. The summed E-state index contributed by atoms with van der Waals surface area (Å²) in [4.78, 5) is 36.4. The first-order chi connectivity index (χ1) is 14.4. The summed E-state index contributed by atoms with van der Waals surface area (Å²) in [5.41, 5.74) is 1.12. The van der Waals surface area contributed by atoms with Crippen LogP contribution in [0.15, 0.2) is 54.2 Å². The van der Waals surface area contributed by atoms with E-state index < -0.39 is 23.9 Å². The van der Waals surface area contributed by atoms with Crippen LogP contribution in [0.2, 0.25) is 0 Å². The van der Waals surface area contributed by atoms with Crippen molar-refractivity contribution in [1.29, 1.82) is 0 Å². The molecule has 0 radical (unpaired) electrons. The van der Waals surface area contributed by atoms with Crippen LogP contribution in [0.4, 0.5) is 5.69 Å². The molecule has 0 aliphatic carbocycles. The van der Waals surface area contributed by atoms with Gasteiger partial charge >= 0.3 is 5.97 Å². The summed E-state index contributed by atoms with van der Waals surface area (Å²) in [7, 11) is 0. The Hall–Kier alpha value is -3.81. The van der Waals surface area contributed by atoms with E-state index in [0.717, 1.165) is 0 Å². The van der Waals surface area contributed by atoms with Gasteiger partial charge in [-0.25, -0.2) is 4.79 Å². The molecule has 8 nitrogen and oxygen atoms in total. The van der Waals surface area contributed by atoms with Crippen molar-refractivity contribution in [2.75, 3.05) is 18.5 Å². The quantitative estimate of drug-likeness (QED) is 0.560. The Morgan fingerprint density at radius 2 is 1.73 bits per heavy atom. The average Bonchev–Trinajstić information content (AvgIpc) is 2.73. The van der Waals surface area contributed by atoms with Gasteiger partial charge in [0.1, 0.15) is 18.9 Å². The van der Waals surface area contributed by atoms with Gasteiger partial charge in [-0.15, -0.1) is 0 Å². The topological polar surface area (TPSA) is 103 Å².